The fourth-order valence-corrected chi connectivity index (χ4v) is 2.37. The van der Waals surface area contributed by atoms with Crippen molar-refractivity contribution in [1.29, 1.82) is 0 Å². The maximum Gasteiger partial charge on any atom is 0.0451 e. The zero-order valence-electron chi connectivity index (χ0n) is 11.5. The predicted molar refractivity (Wildman–Crippen MR) is 79.9 cm³/mol. The molecule has 2 nitrogen and oxygen atoms in total. The minimum atomic E-state index is 0.452. The average Bonchev–Trinajstić information content (AvgIpc) is 2.37. The van der Waals surface area contributed by atoms with Crippen LogP contribution >= 0.6 is 11.6 Å². The first kappa shape index (κ1) is 15.5. The molecule has 0 fully saturated rings. The van der Waals surface area contributed by atoms with E-state index in [-0.39, 0.29) is 0 Å². The van der Waals surface area contributed by atoms with E-state index >= 15 is 0 Å². The van der Waals surface area contributed by atoms with Crippen molar-refractivity contribution < 1.29 is 0 Å². The monoisotopic (exact) mass is 268 g/mol. The molecule has 102 valence electrons. The summed E-state index contributed by atoms with van der Waals surface area (Å²) in [5.74, 6) is 0. The second-order valence-corrected chi connectivity index (χ2v) is 5.30. The zero-order valence-corrected chi connectivity index (χ0v) is 12.3. The van der Waals surface area contributed by atoms with Crippen molar-refractivity contribution in [2.45, 2.75) is 45.2 Å². The van der Waals surface area contributed by atoms with Gasteiger partial charge in [0.25, 0.3) is 0 Å². The minimum absolute atomic E-state index is 0.452. The van der Waals surface area contributed by atoms with Crippen LogP contribution in [-0.4, -0.2) is 24.5 Å². The smallest absolute Gasteiger partial charge is 0.0451 e. The summed E-state index contributed by atoms with van der Waals surface area (Å²) >= 11 is 6.19. The molecule has 1 aromatic carbocycles. The SMILES string of the molecule is CCCCCC(CN)N(C)Cc1ccccc1Cl. The first-order chi connectivity index (χ1) is 8.69. The summed E-state index contributed by atoms with van der Waals surface area (Å²) in [7, 11) is 2.13. The number of halogens is 1. The van der Waals surface area contributed by atoms with Gasteiger partial charge in [0.15, 0.2) is 0 Å². The van der Waals surface area contributed by atoms with Crippen LogP contribution in [0.3, 0.4) is 0 Å². The van der Waals surface area contributed by atoms with Crippen molar-refractivity contribution in [3.8, 4) is 0 Å². The van der Waals surface area contributed by atoms with E-state index in [1.54, 1.807) is 0 Å². The van der Waals surface area contributed by atoms with Gasteiger partial charge in [-0.3, -0.25) is 4.90 Å². The minimum Gasteiger partial charge on any atom is -0.329 e. The van der Waals surface area contributed by atoms with E-state index in [0.29, 0.717) is 12.6 Å². The molecule has 0 aromatic heterocycles. The Balaban J connectivity index is 2.51. The summed E-state index contributed by atoms with van der Waals surface area (Å²) in [6.45, 7) is 3.81. The van der Waals surface area contributed by atoms with Crippen LogP contribution in [0.2, 0.25) is 5.02 Å². The second kappa shape index (κ2) is 8.52. The van der Waals surface area contributed by atoms with Crippen molar-refractivity contribution in [2.24, 2.45) is 5.73 Å². The molecule has 0 aliphatic carbocycles. The third-order valence-corrected chi connectivity index (χ3v) is 3.78. The highest BCUT2D eigenvalue weighted by atomic mass is 35.5. The quantitative estimate of drug-likeness (QED) is 0.729. The van der Waals surface area contributed by atoms with E-state index < -0.39 is 0 Å². The van der Waals surface area contributed by atoms with Gasteiger partial charge in [-0.25, -0.2) is 0 Å². The zero-order chi connectivity index (χ0) is 13.4. The van der Waals surface area contributed by atoms with E-state index in [4.69, 9.17) is 17.3 Å². The number of benzene rings is 1. The van der Waals surface area contributed by atoms with Crippen LogP contribution in [0.5, 0.6) is 0 Å². The largest absolute Gasteiger partial charge is 0.329 e. The van der Waals surface area contributed by atoms with E-state index in [2.05, 4.69) is 24.9 Å². The van der Waals surface area contributed by atoms with Crippen LogP contribution in [-0.2, 0) is 6.54 Å². The van der Waals surface area contributed by atoms with Crippen molar-refractivity contribution in [3.63, 3.8) is 0 Å². The number of likely N-dealkylation sites (N-methyl/N-ethyl adjacent to an activating group) is 1. The van der Waals surface area contributed by atoms with Crippen molar-refractivity contribution in [1.82, 2.24) is 4.90 Å². The Labute approximate surface area is 116 Å². The molecule has 2 N–H and O–H groups in total. The van der Waals surface area contributed by atoms with E-state index in [0.717, 1.165) is 11.6 Å². The van der Waals surface area contributed by atoms with Crippen LogP contribution in [0, 0.1) is 0 Å². The molecule has 0 radical (unpaired) electrons. The molecule has 0 saturated heterocycles. The lowest BCUT2D eigenvalue weighted by Gasteiger charge is -2.27. The van der Waals surface area contributed by atoms with Crippen LogP contribution in [0.4, 0.5) is 0 Å². The molecule has 0 amide bonds. The molecule has 18 heavy (non-hydrogen) atoms. The highest BCUT2D eigenvalue weighted by molar-refractivity contribution is 6.31. The summed E-state index contributed by atoms with van der Waals surface area (Å²) in [4.78, 5) is 2.32. The third kappa shape index (κ3) is 4.97. The summed E-state index contributed by atoms with van der Waals surface area (Å²) in [6.07, 6.45) is 4.97. The Hall–Kier alpha value is -0.570. The number of nitrogens with two attached hydrogens (primary N) is 1. The fraction of sp³-hybridized carbons (Fsp3) is 0.600. The summed E-state index contributed by atoms with van der Waals surface area (Å²) in [5, 5.41) is 0.841. The number of hydrogen-bond donors (Lipinski definition) is 1. The van der Waals surface area contributed by atoms with E-state index in [9.17, 15) is 0 Å². The molecular weight excluding hydrogens is 244 g/mol. The van der Waals surface area contributed by atoms with Gasteiger partial charge >= 0.3 is 0 Å². The van der Waals surface area contributed by atoms with Crippen molar-refractivity contribution in [3.05, 3.63) is 34.9 Å². The van der Waals surface area contributed by atoms with Gasteiger partial charge in [0.05, 0.1) is 0 Å². The number of nitrogens with zero attached hydrogens (tertiary/aromatic N) is 1. The second-order valence-electron chi connectivity index (χ2n) is 4.89. The molecule has 1 unspecified atom stereocenters. The molecule has 0 aliphatic rings. The molecule has 0 aliphatic heterocycles. The van der Waals surface area contributed by atoms with Gasteiger partial charge in [-0.2, -0.15) is 0 Å². The van der Waals surface area contributed by atoms with Gasteiger partial charge in [0.2, 0.25) is 0 Å². The molecule has 1 rings (SSSR count). The molecule has 0 heterocycles. The molecule has 0 bridgehead atoms. The van der Waals surface area contributed by atoms with Gasteiger partial charge in [-0.05, 0) is 25.1 Å². The fourth-order valence-electron chi connectivity index (χ4n) is 2.17. The van der Waals surface area contributed by atoms with Crippen LogP contribution in [0.15, 0.2) is 24.3 Å². The van der Waals surface area contributed by atoms with Gasteiger partial charge in [-0.15, -0.1) is 0 Å². The first-order valence-corrected chi connectivity index (χ1v) is 7.20. The predicted octanol–water partition coefficient (Wildman–Crippen LogP) is 3.68. The molecule has 3 heteroatoms. The maximum atomic E-state index is 6.19. The summed E-state index contributed by atoms with van der Waals surface area (Å²) < 4.78 is 0. The first-order valence-electron chi connectivity index (χ1n) is 6.82. The lowest BCUT2D eigenvalue weighted by atomic mass is 10.1. The third-order valence-electron chi connectivity index (χ3n) is 3.41. The molecule has 1 atom stereocenters. The Kier molecular flexibility index (Phi) is 7.33. The van der Waals surface area contributed by atoms with Crippen molar-refractivity contribution >= 4 is 11.6 Å². The number of hydrogen-bond acceptors (Lipinski definition) is 2. The van der Waals surface area contributed by atoms with Gasteiger partial charge < -0.3 is 5.73 Å². The highest BCUT2D eigenvalue weighted by Gasteiger charge is 2.13. The Morgan fingerprint density at radius 1 is 1.28 bits per heavy atom. The molecule has 1 aromatic rings. The van der Waals surface area contributed by atoms with Gasteiger partial charge in [-0.1, -0.05) is 56.0 Å². The molecule has 0 saturated carbocycles. The Morgan fingerprint density at radius 2 is 2.00 bits per heavy atom. The topological polar surface area (TPSA) is 29.3 Å². The highest BCUT2D eigenvalue weighted by Crippen LogP contribution is 2.18. The van der Waals surface area contributed by atoms with Crippen molar-refractivity contribution in [2.75, 3.05) is 13.6 Å². The Bertz CT molecular complexity index is 341. The van der Waals surface area contributed by atoms with E-state index in [1.807, 2.05) is 18.2 Å². The number of unbranched alkanes of at least 4 members (excludes halogenated alkanes) is 2. The van der Waals surface area contributed by atoms with E-state index in [1.165, 1.54) is 31.2 Å². The van der Waals surface area contributed by atoms with Crippen LogP contribution in [0.1, 0.15) is 38.2 Å². The Morgan fingerprint density at radius 3 is 2.61 bits per heavy atom. The average molecular weight is 269 g/mol. The van der Waals surface area contributed by atoms with Crippen LogP contribution < -0.4 is 5.73 Å². The van der Waals surface area contributed by atoms with Gasteiger partial charge in [0.1, 0.15) is 0 Å². The normalized spacial score (nSPS) is 12.9. The van der Waals surface area contributed by atoms with Gasteiger partial charge in [0, 0.05) is 24.2 Å². The standard InChI is InChI=1S/C15H25ClN2/c1-3-4-5-9-14(11-17)18(2)12-13-8-6-7-10-15(13)16/h6-8,10,14H,3-5,9,11-12,17H2,1-2H3. The number of rotatable bonds is 8. The summed E-state index contributed by atoms with van der Waals surface area (Å²) in [5.41, 5.74) is 7.05. The lowest BCUT2D eigenvalue weighted by molar-refractivity contribution is 0.223. The maximum absolute atomic E-state index is 6.19. The van der Waals surface area contributed by atoms with Crippen LogP contribution in [0.25, 0.3) is 0 Å². The summed E-state index contributed by atoms with van der Waals surface area (Å²) in [6, 6.07) is 8.47. The molecule has 0 spiro atoms. The molecular formula is C15H25ClN2. The lowest BCUT2D eigenvalue weighted by Crippen LogP contribution is -2.37.